The number of aromatic hydroxyl groups is 1. The van der Waals surface area contributed by atoms with E-state index in [1.165, 1.54) is 11.9 Å². The van der Waals surface area contributed by atoms with Crippen molar-refractivity contribution in [1.82, 2.24) is 4.83 Å². The summed E-state index contributed by atoms with van der Waals surface area (Å²) in [6.45, 7) is 0. The highest BCUT2D eigenvalue weighted by molar-refractivity contribution is 7.97. The van der Waals surface area contributed by atoms with Crippen molar-refractivity contribution >= 4 is 18.2 Å². The van der Waals surface area contributed by atoms with Gasteiger partial charge in [-0.3, -0.25) is 0 Å². The van der Waals surface area contributed by atoms with Crippen molar-refractivity contribution in [2.45, 2.75) is 4.90 Å². The summed E-state index contributed by atoms with van der Waals surface area (Å²) in [6, 6.07) is 5.20. The summed E-state index contributed by atoms with van der Waals surface area (Å²) in [7, 11) is 0. The van der Waals surface area contributed by atoms with Gasteiger partial charge in [-0.2, -0.15) is 5.10 Å². The molecule has 2 rings (SSSR count). The van der Waals surface area contributed by atoms with Gasteiger partial charge in [-0.15, -0.1) is 0 Å². The Hall–Kier alpha value is -1.16. The molecule has 1 aliphatic rings. The molecule has 0 aromatic heterocycles. The topological polar surface area (TPSA) is 44.6 Å². The van der Waals surface area contributed by atoms with Gasteiger partial charge >= 0.3 is 0 Å². The fraction of sp³-hybridized carbons (Fsp3) is 0. The third-order valence-corrected chi connectivity index (χ3v) is 2.19. The van der Waals surface area contributed by atoms with Crippen LogP contribution in [0.2, 0.25) is 0 Å². The van der Waals surface area contributed by atoms with Crippen molar-refractivity contribution in [3.8, 4) is 5.75 Å². The number of nitrogens with zero attached hydrogens (tertiary/aromatic N) is 1. The average molecular weight is 166 g/mol. The fourth-order valence-electron chi connectivity index (χ4n) is 0.901. The molecule has 1 heterocycles. The Morgan fingerprint density at radius 1 is 1.45 bits per heavy atom. The molecule has 11 heavy (non-hydrogen) atoms. The van der Waals surface area contributed by atoms with Gasteiger partial charge in [0.25, 0.3) is 0 Å². The van der Waals surface area contributed by atoms with Gasteiger partial charge < -0.3 is 5.11 Å². The summed E-state index contributed by atoms with van der Waals surface area (Å²) in [5.74, 6) is 0.276. The Morgan fingerprint density at radius 2 is 2.36 bits per heavy atom. The molecule has 0 saturated heterocycles. The smallest absolute Gasteiger partial charge is 0.116 e. The van der Waals surface area contributed by atoms with Crippen molar-refractivity contribution in [2.75, 3.05) is 0 Å². The first-order valence-electron chi connectivity index (χ1n) is 3.14. The molecule has 0 atom stereocenters. The van der Waals surface area contributed by atoms with Crippen molar-refractivity contribution < 1.29 is 5.11 Å². The van der Waals surface area contributed by atoms with Crippen molar-refractivity contribution in [3.63, 3.8) is 0 Å². The summed E-state index contributed by atoms with van der Waals surface area (Å²) in [5.41, 5.74) is 0.953. The molecule has 0 spiro atoms. The van der Waals surface area contributed by atoms with Gasteiger partial charge in [0.2, 0.25) is 0 Å². The van der Waals surface area contributed by atoms with Crippen LogP contribution in [0.25, 0.3) is 0 Å². The average Bonchev–Trinajstić information content (AvgIpc) is 2.04. The Morgan fingerprint density at radius 3 is 3.27 bits per heavy atom. The highest BCUT2D eigenvalue weighted by Gasteiger charge is 2.05. The third kappa shape index (κ3) is 1.17. The van der Waals surface area contributed by atoms with Crippen molar-refractivity contribution in [2.24, 2.45) is 5.10 Å². The van der Waals surface area contributed by atoms with Crippen LogP contribution in [0, 0.1) is 0 Å². The predicted octanol–water partition coefficient (Wildman–Crippen LogP) is 1.34. The monoisotopic (exact) mass is 166 g/mol. The minimum Gasteiger partial charge on any atom is -0.508 e. The molecule has 1 aromatic rings. The van der Waals surface area contributed by atoms with Crippen LogP contribution in [-0.4, -0.2) is 11.3 Å². The largest absolute Gasteiger partial charge is 0.508 e. The fourth-order valence-corrected chi connectivity index (χ4v) is 1.47. The molecule has 2 N–H and O–H groups in total. The van der Waals surface area contributed by atoms with E-state index in [4.69, 9.17) is 5.11 Å². The van der Waals surface area contributed by atoms with Gasteiger partial charge in [0.1, 0.15) is 5.75 Å². The summed E-state index contributed by atoms with van der Waals surface area (Å²) < 4.78 is 0. The zero-order valence-corrected chi connectivity index (χ0v) is 6.43. The molecule has 0 aliphatic carbocycles. The summed E-state index contributed by atoms with van der Waals surface area (Å²) >= 11 is 1.44. The second-order valence-corrected chi connectivity index (χ2v) is 3.00. The SMILES string of the molecule is Oc1ccc2c(c1)C=NNS2. The number of hydrogen-bond acceptors (Lipinski definition) is 4. The molecule has 1 aromatic carbocycles. The second kappa shape index (κ2) is 2.47. The Labute approximate surface area is 68.3 Å². The first kappa shape index (κ1) is 6.54. The van der Waals surface area contributed by atoms with Gasteiger partial charge in [0.15, 0.2) is 0 Å². The lowest BCUT2D eigenvalue weighted by molar-refractivity contribution is 0.474. The number of rotatable bonds is 0. The molecule has 0 amide bonds. The Bertz CT molecular complexity index is 311. The number of hydrogen-bond donors (Lipinski definition) is 2. The van der Waals surface area contributed by atoms with E-state index in [-0.39, 0.29) is 5.75 Å². The molecule has 3 nitrogen and oxygen atoms in total. The minimum atomic E-state index is 0.276. The first-order chi connectivity index (χ1) is 5.36. The van der Waals surface area contributed by atoms with Crippen LogP contribution < -0.4 is 4.83 Å². The molecule has 0 saturated carbocycles. The number of phenolic OH excluding ortho intramolecular Hbond substituents is 1. The minimum absolute atomic E-state index is 0.276. The molecule has 0 unspecified atom stereocenters. The molecule has 4 heteroatoms. The van der Waals surface area contributed by atoms with Crippen LogP contribution in [-0.2, 0) is 0 Å². The molecular formula is C7H6N2OS. The summed E-state index contributed by atoms with van der Waals surface area (Å²) in [6.07, 6.45) is 1.69. The quantitative estimate of drug-likeness (QED) is 0.571. The van der Waals surface area contributed by atoms with Crippen LogP contribution in [0.1, 0.15) is 5.56 Å². The van der Waals surface area contributed by atoms with Gasteiger partial charge in [0, 0.05) is 22.4 Å². The maximum Gasteiger partial charge on any atom is 0.116 e. The first-order valence-corrected chi connectivity index (χ1v) is 3.96. The van der Waals surface area contributed by atoms with Crippen LogP contribution in [0.15, 0.2) is 28.2 Å². The summed E-state index contributed by atoms with van der Waals surface area (Å²) in [5, 5.41) is 12.9. The van der Waals surface area contributed by atoms with Gasteiger partial charge in [-0.05, 0) is 18.2 Å². The maximum atomic E-state index is 9.10. The van der Waals surface area contributed by atoms with Crippen molar-refractivity contribution in [1.29, 1.82) is 0 Å². The van der Waals surface area contributed by atoms with E-state index >= 15 is 0 Å². The molecule has 0 fully saturated rings. The predicted molar refractivity (Wildman–Crippen MR) is 44.7 cm³/mol. The molecule has 0 bridgehead atoms. The zero-order valence-electron chi connectivity index (χ0n) is 5.61. The van der Waals surface area contributed by atoms with E-state index in [0.717, 1.165) is 10.5 Å². The van der Waals surface area contributed by atoms with Crippen molar-refractivity contribution in [3.05, 3.63) is 23.8 Å². The lowest BCUT2D eigenvalue weighted by atomic mass is 10.2. The van der Waals surface area contributed by atoms with Crippen LogP contribution in [0.4, 0.5) is 0 Å². The second-order valence-electron chi connectivity index (χ2n) is 2.17. The number of hydrazone groups is 1. The summed E-state index contributed by atoms with van der Waals surface area (Å²) in [4.78, 5) is 3.85. The van der Waals surface area contributed by atoms with E-state index in [9.17, 15) is 0 Å². The molecular weight excluding hydrogens is 160 g/mol. The highest BCUT2D eigenvalue weighted by atomic mass is 32.2. The lowest BCUT2D eigenvalue weighted by Crippen LogP contribution is -2.01. The number of fused-ring (bicyclic) bond motifs is 1. The van der Waals surface area contributed by atoms with Gasteiger partial charge in [-0.1, -0.05) is 0 Å². The Balaban J connectivity index is 2.54. The number of nitrogens with one attached hydrogen (secondary N) is 1. The van der Waals surface area contributed by atoms with E-state index < -0.39 is 0 Å². The van der Waals surface area contributed by atoms with Gasteiger partial charge in [0.05, 0.1) is 6.21 Å². The molecule has 0 radical (unpaired) electrons. The van der Waals surface area contributed by atoms with Crippen LogP contribution >= 0.6 is 11.9 Å². The van der Waals surface area contributed by atoms with Crippen LogP contribution in [0.3, 0.4) is 0 Å². The highest BCUT2D eigenvalue weighted by Crippen LogP contribution is 2.24. The van der Waals surface area contributed by atoms with E-state index in [1.54, 1.807) is 18.3 Å². The van der Waals surface area contributed by atoms with E-state index in [1.807, 2.05) is 6.07 Å². The third-order valence-electron chi connectivity index (χ3n) is 1.41. The van der Waals surface area contributed by atoms with E-state index in [0.29, 0.717) is 0 Å². The number of benzene rings is 1. The Kier molecular flexibility index (Phi) is 1.47. The van der Waals surface area contributed by atoms with E-state index in [2.05, 4.69) is 9.93 Å². The normalized spacial score (nSPS) is 13.8. The molecule has 1 aliphatic heterocycles. The van der Waals surface area contributed by atoms with Crippen LogP contribution in [0.5, 0.6) is 5.75 Å². The number of phenols is 1. The molecule has 56 valence electrons. The van der Waals surface area contributed by atoms with Gasteiger partial charge in [-0.25, -0.2) is 4.83 Å². The maximum absolute atomic E-state index is 9.10. The lowest BCUT2D eigenvalue weighted by Gasteiger charge is -2.08. The standard InChI is InChI=1S/C7H6N2OS/c10-6-1-2-7-5(3-6)4-8-9-11-7/h1-4,9-10H. The zero-order chi connectivity index (χ0) is 7.68.